The van der Waals surface area contributed by atoms with Gasteiger partial charge in [-0.2, -0.15) is 0 Å². The summed E-state index contributed by atoms with van der Waals surface area (Å²) in [4.78, 5) is 5.71. The highest BCUT2D eigenvalue weighted by molar-refractivity contribution is 6.30. The quantitative estimate of drug-likeness (QED) is 0.846. The summed E-state index contributed by atoms with van der Waals surface area (Å²) in [5.41, 5.74) is 0.950. The fourth-order valence-electron chi connectivity index (χ4n) is 2.02. The lowest BCUT2D eigenvalue weighted by Gasteiger charge is -2.19. The maximum absolute atomic E-state index is 13.8. The molecular weight excluding hydrogens is 295 g/mol. The molecule has 4 nitrogen and oxygen atoms in total. The Hall–Kier alpha value is -2.01. The van der Waals surface area contributed by atoms with Crippen molar-refractivity contribution in [2.24, 2.45) is 0 Å². The van der Waals surface area contributed by atoms with Crippen LogP contribution < -0.4 is 14.4 Å². The van der Waals surface area contributed by atoms with Crippen molar-refractivity contribution < 1.29 is 13.9 Å². The smallest absolute Gasteiger partial charge is 0.167 e. The molecule has 21 heavy (non-hydrogen) atoms. The third-order valence-electron chi connectivity index (χ3n) is 3.02. The molecule has 0 bridgehead atoms. The zero-order chi connectivity index (χ0) is 15.4. The first-order valence-corrected chi connectivity index (χ1v) is 6.66. The van der Waals surface area contributed by atoms with Gasteiger partial charge < -0.3 is 14.4 Å². The molecule has 1 heterocycles. The van der Waals surface area contributed by atoms with Gasteiger partial charge in [0, 0.05) is 19.8 Å². The van der Waals surface area contributed by atoms with E-state index < -0.39 is 5.82 Å². The van der Waals surface area contributed by atoms with E-state index in [4.69, 9.17) is 21.1 Å². The molecule has 2 aromatic rings. The van der Waals surface area contributed by atoms with Crippen LogP contribution in [-0.4, -0.2) is 26.3 Å². The number of ether oxygens (including phenoxy) is 2. The van der Waals surface area contributed by atoms with E-state index >= 15 is 0 Å². The molecule has 0 N–H and O–H groups in total. The summed E-state index contributed by atoms with van der Waals surface area (Å²) in [7, 11) is 4.92. The number of rotatable bonds is 5. The van der Waals surface area contributed by atoms with Crippen LogP contribution in [0.5, 0.6) is 11.5 Å². The van der Waals surface area contributed by atoms with Crippen LogP contribution in [0.4, 0.5) is 10.2 Å². The number of anilines is 1. The van der Waals surface area contributed by atoms with Gasteiger partial charge in [0.15, 0.2) is 23.1 Å². The van der Waals surface area contributed by atoms with E-state index in [2.05, 4.69) is 4.98 Å². The predicted octanol–water partition coefficient (Wildman–Crippen LogP) is 3.53. The first-order valence-electron chi connectivity index (χ1n) is 6.28. The molecule has 0 saturated carbocycles. The van der Waals surface area contributed by atoms with Crippen LogP contribution in [0, 0.1) is 5.82 Å². The van der Waals surface area contributed by atoms with Gasteiger partial charge in [0.1, 0.15) is 0 Å². The van der Waals surface area contributed by atoms with Crippen LogP contribution >= 0.6 is 11.6 Å². The molecule has 112 valence electrons. The van der Waals surface area contributed by atoms with Gasteiger partial charge in [-0.25, -0.2) is 9.37 Å². The standard InChI is InChI=1S/C15H16ClFN2O2/c1-19(15-12(17)7-11(16)8-18-15)9-10-4-5-13(20-2)14(6-10)21-3/h4-8H,9H2,1-3H3. The van der Waals surface area contributed by atoms with Gasteiger partial charge in [0.25, 0.3) is 0 Å². The summed E-state index contributed by atoms with van der Waals surface area (Å²) >= 11 is 5.70. The Morgan fingerprint density at radius 3 is 2.52 bits per heavy atom. The second-order valence-corrected chi connectivity index (χ2v) is 4.94. The van der Waals surface area contributed by atoms with Crippen molar-refractivity contribution in [2.75, 3.05) is 26.2 Å². The Bertz CT molecular complexity index is 637. The average molecular weight is 311 g/mol. The Labute approximate surface area is 128 Å². The van der Waals surface area contributed by atoms with E-state index in [1.807, 2.05) is 18.2 Å². The van der Waals surface area contributed by atoms with Crippen molar-refractivity contribution in [3.05, 3.63) is 46.9 Å². The molecule has 0 aliphatic heterocycles. The van der Waals surface area contributed by atoms with Gasteiger partial charge in [0.2, 0.25) is 0 Å². The third-order valence-corrected chi connectivity index (χ3v) is 3.22. The lowest BCUT2D eigenvalue weighted by atomic mass is 10.2. The summed E-state index contributed by atoms with van der Waals surface area (Å²) in [6.07, 6.45) is 1.42. The number of benzene rings is 1. The molecule has 1 aromatic heterocycles. The molecule has 6 heteroatoms. The Morgan fingerprint density at radius 2 is 1.90 bits per heavy atom. The maximum Gasteiger partial charge on any atom is 0.167 e. The minimum Gasteiger partial charge on any atom is -0.493 e. The Balaban J connectivity index is 2.21. The fourth-order valence-corrected chi connectivity index (χ4v) is 2.16. The van der Waals surface area contributed by atoms with Gasteiger partial charge in [-0.15, -0.1) is 0 Å². The second kappa shape index (κ2) is 6.63. The van der Waals surface area contributed by atoms with Gasteiger partial charge in [0.05, 0.1) is 19.2 Å². The number of hydrogen-bond donors (Lipinski definition) is 0. The van der Waals surface area contributed by atoms with E-state index in [1.54, 1.807) is 26.2 Å². The van der Waals surface area contributed by atoms with Crippen molar-refractivity contribution in [2.45, 2.75) is 6.54 Å². The zero-order valence-corrected chi connectivity index (χ0v) is 12.8. The minimum absolute atomic E-state index is 0.245. The molecule has 0 fully saturated rings. The summed E-state index contributed by atoms with van der Waals surface area (Å²) in [5.74, 6) is 1.08. The van der Waals surface area contributed by atoms with Crippen molar-refractivity contribution >= 4 is 17.4 Å². The van der Waals surface area contributed by atoms with E-state index in [0.717, 1.165) is 5.56 Å². The summed E-state index contributed by atoms with van der Waals surface area (Å²) in [6, 6.07) is 6.80. The van der Waals surface area contributed by atoms with Crippen molar-refractivity contribution in [1.82, 2.24) is 4.98 Å². The summed E-state index contributed by atoms with van der Waals surface area (Å²) < 4.78 is 24.3. The van der Waals surface area contributed by atoms with Crippen LogP contribution in [-0.2, 0) is 6.54 Å². The number of nitrogens with zero attached hydrogens (tertiary/aromatic N) is 2. The number of halogens is 2. The van der Waals surface area contributed by atoms with Crippen LogP contribution in [0.2, 0.25) is 5.02 Å². The second-order valence-electron chi connectivity index (χ2n) is 4.50. The summed E-state index contributed by atoms with van der Waals surface area (Å²) in [6.45, 7) is 0.478. The third kappa shape index (κ3) is 3.55. The molecule has 2 rings (SSSR count). The van der Waals surface area contributed by atoms with Gasteiger partial charge >= 0.3 is 0 Å². The molecule has 1 aromatic carbocycles. The molecular formula is C15H16ClFN2O2. The van der Waals surface area contributed by atoms with Gasteiger partial charge in [-0.05, 0) is 23.8 Å². The largest absolute Gasteiger partial charge is 0.493 e. The fraction of sp³-hybridized carbons (Fsp3) is 0.267. The van der Waals surface area contributed by atoms with Gasteiger partial charge in [-0.1, -0.05) is 17.7 Å². The number of pyridine rings is 1. The van der Waals surface area contributed by atoms with Gasteiger partial charge in [-0.3, -0.25) is 0 Å². The molecule has 0 radical (unpaired) electrons. The molecule has 0 unspecified atom stereocenters. The van der Waals surface area contributed by atoms with Crippen LogP contribution in [0.25, 0.3) is 0 Å². The van der Waals surface area contributed by atoms with Crippen LogP contribution in [0.1, 0.15) is 5.56 Å². The highest BCUT2D eigenvalue weighted by atomic mass is 35.5. The van der Waals surface area contributed by atoms with Crippen LogP contribution in [0.3, 0.4) is 0 Å². The molecule has 0 aliphatic carbocycles. The highest BCUT2D eigenvalue weighted by Gasteiger charge is 2.12. The van der Waals surface area contributed by atoms with Crippen LogP contribution in [0.15, 0.2) is 30.5 Å². The van der Waals surface area contributed by atoms with E-state index in [1.165, 1.54) is 12.3 Å². The number of methoxy groups -OCH3 is 2. The SMILES string of the molecule is COc1ccc(CN(C)c2ncc(Cl)cc2F)cc1OC. The van der Waals surface area contributed by atoms with E-state index in [9.17, 15) is 4.39 Å². The van der Waals surface area contributed by atoms with E-state index in [0.29, 0.717) is 18.0 Å². The van der Waals surface area contributed by atoms with Crippen molar-refractivity contribution in [1.29, 1.82) is 0 Å². The Kier molecular flexibility index (Phi) is 4.85. The normalized spacial score (nSPS) is 10.3. The molecule has 0 atom stereocenters. The zero-order valence-electron chi connectivity index (χ0n) is 12.1. The number of aromatic nitrogens is 1. The first kappa shape index (κ1) is 15.4. The average Bonchev–Trinajstić information content (AvgIpc) is 2.46. The maximum atomic E-state index is 13.8. The lowest BCUT2D eigenvalue weighted by Crippen LogP contribution is -2.19. The molecule has 0 aliphatic rings. The minimum atomic E-state index is -0.453. The summed E-state index contributed by atoms with van der Waals surface area (Å²) in [5, 5.41) is 0.274. The predicted molar refractivity (Wildman–Crippen MR) is 80.9 cm³/mol. The van der Waals surface area contributed by atoms with E-state index in [-0.39, 0.29) is 10.8 Å². The van der Waals surface area contributed by atoms with Crippen molar-refractivity contribution in [3.63, 3.8) is 0 Å². The molecule has 0 saturated heterocycles. The van der Waals surface area contributed by atoms with Crippen molar-refractivity contribution in [3.8, 4) is 11.5 Å². The molecule has 0 amide bonds. The monoisotopic (exact) mass is 310 g/mol. The highest BCUT2D eigenvalue weighted by Crippen LogP contribution is 2.28. The topological polar surface area (TPSA) is 34.6 Å². The Morgan fingerprint density at radius 1 is 1.19 bits per heavy atom. The molecule has 0 spiro atoms. The lowest BCUT2D eigenvalue weighted by molar-refractivity contribution is 0.354. The first-order chi connectivity index (χ1) is 10.0. The number of hydrogen-bond acceptors (Lipinski definition) is 4.